The molecular weight excluding hydrogens is 423 g/mol. The van der Waals surface area contributed by atoms with Gasteiger partial charge in [-0.1, -0.05) is 42.5 Å². The fourth-order valence-corrected chi connectivity index (χ4v) is 6.33. The number of carbonyl (C=O) groups is 1. The molecule has 0 saturated heterocycles. The number of nitrogens with one attached hydrogen (secondary N) is 1. The maximum Gasteiger partial charge on any atom is 0.253 e. The van der Waals surface area contributed by atoms with Crippen LogP contribution >= 0.6 is 11.3 Å². The molecule has 0 aliphatic carbocycles. The fraction of sp³-hybridized carbons (Fsp3) is 0.227. The lowest BCUT2D eigenvalue weighted by molar-refractivity contribution is -0.125. The summed E-state index contributed by atoms with van der Waals surface area (Å²) in [7, 11) is -3.80. The molecule has 1 atom stereocenters. The zero-order chi connectivity index (χ0) is 21.1. The number of amides is 1. The van der Waals surface area contributed by atoms with E-state index in [4.69, 9.17) is 0 Å². The van der Waals surface area contributed by atoms with Crippen molar-refractivity contribution in [1.82, 2.24) is 9.62 Å². The van der Waals surface area contributed by atoms with Gasteiger partial charge in [0.15, 0.2) is 0 Å². The van der Waals surface area contributed by atoms with Crippen LogP contribution in [0.5, 0.6) is 0 Å². The van der Waals surface area contributed by atoms with Crippen LogP contribution in [0, 0.1) is 5.82 Å². The number of hydrogen-bond donors (Lipinski definition) is 1. The van der Waals surface area contributed by atoms with Crippen LogP contribution < -0.4 is 5.32 Å². The maximum absolute atomic E-state index is 13.3. The van der Waals surface area contributed by atoms with Gasteiger partial charge in [-0.15, -0.1) is 11.3 Å². The van der Waals surface area contributed by atoms with Crippen LogP contribution in [0.4, 0.5) is 4.39 Å². The highest BCUT2D eigenvalue weighted by Crippen LogP contribution is 2.30. The minimum atomic E-state index is -3.80. The van der Waals surface area contributed by atoms with Gasteiger partial charge in [0, 0.05) is 13.1 Å². The molecule has 1 aromatic heterocycles. The molecule has 5 nitrogen and oxygen atoms in total. The maximum atomic E-state index is 13.3. The molecule has 4 rings (SSSR count). The van der Waals surface area contributed by atoms with E-state index in [1.54, 1.807) is 29.6 Å². The molecule has 0 saturated carbocycles. The quantitative estimate of drug-likeness (QED) is 0.634. The number of carbonyl (C=O) groups excluding carboxylic acids is 1. The smallest absolute Gasteiger partial charge is 0.253 e. The Balaban J connectivity index is 1.54. The second kappa shape index (κ2) is 8.67. The van der Waals surface area contributed by atoms with Crippen molar-refractivity contribution in [2.75, 3.05) is 6.54 Å². The van der Waals surface area contributed by atoms with Crippen LogP contribution in [0.15, 0.2) is 70.3 Å². The van der Waals surface area contributed by atoms with Gasteiger partial charge in [-0.3, -0.25) is 4.79 Å². The van der Waals surface area contributed by atoms with Crippen molar-refractivity contribution in [3.05, 3.63) is 88.6 Å². The van der Waals surface area contributed by atoms with Crippen molar-refractivity contribution in [3.63, 3.8) is 0 Å². The molecule has 1 amide bonds. The van der Waals surface area contributed by atoms with Gasteiger partial charge in [0.2, 0.25) is 5.91 Å². The number of nitrogens with zero attached hydrogens (tertiary/aromatic N) is 1. The second-order valence-corrected chi connectivity index (χ2v) is 10.2. The first-order chi connectivity index (χ1) is 14.4. The molecule has 2 aromatic carbocycles. The zero-order valence-corrected chi connectivity index (χ0v) is 17.8. The molecule has 0 radical (unpaired) electrons. The third-order valence-electron chi connectivity index (χ3n) is 5.17. The monoisotopic (exact) mass is 444 g/mol. The molecule has 0 fully saturated rings. The summed E-state index contributed by atoms with van der Waals surface area (Å²) in [5, 5.41) is 4.54. The SMILES string of the molecule is O=C(NCCc1cccc(F)c1)C1Cc2ccccc2CN1S(=O)(=O)c1cccs1. The van der Waals surface area contributed by atoms with E-state index in [2.05, 4.69) is 5.32 Å². The van der Waals surface area contributed by atoms with Gasteiger partial charge < -0.3 is 5.32 Å². The molecule has 0 bridgehead atoms. The van der Waals surface area contributed by atoms with E-state index in [1.165, 1.54) is 16.4 Å². The number of fused-ring (bicyclic) bond motifs is 1. The van der Waals surface area contributed by atoms with Crippen molar-refractivity contribution < 1.29 is 17.6 Å². The Labute approximate surface area is 179 Å². The number of benzene rings is 2. The highest BCUT2D eigenvalue weighted by molar-refractivity contribution is 7.91. The summed E-state index contributed by atoms with van der Waals surface area (Å²) in [5.41, 5.74) is 2.65. The van der Waals surface area contributed by atoms with E-state index < -0.39 is 16.1 Å². The van der Waals surface area contributed by atoms with Gasteiger partial charge in [0.05, 0.1) is 0 Å². The summed E-state index contributed by atoms with van der Waals surface area (Å²) in [6, 6.07) is 16.2. The number of thiophene rings is 1. The van der Waals surface area contributed by atoms with Crippen LogP contribution in [-0.2, 0) is 34.2 Å². The molecule has 2 heterocycles. The Hall–Kier alpha value is -2.55. The van der Waals surface area contributed by atoms with E-state index >= 15 is 0 Å². The summed E-state index contributed by atoms with van der Waals surface area (Å²) in [6.07, 6.45) is 0.775. The van der Waals surface area contributed by atoms with E-state index in [1.807, 2.05) is 24.3 Å². The van der Waals surface area contributed by atoms with E-state index in [9.17, 15) is 17.6 Å². The normalized spacial score (nSPS) is 16.8. The standard InChI is InChI=1S/C22H21FN2O3S2/c23-19-8-3-5-16(13-19)10-11-24-22(26)20-14-17-6-1-2-7-18(17)15-25(20)30(27,28)21-9-4-12-29-21/h1-9,12-13,20H,10-11,14-15H2,(H,24,26). The summed E-state index contributed by atoms with van der Waals surface area (Å²) < 4.78 is 41.3. The van der Waals surface area contributed by atoms with Gasteiger partial charge in [0.25, 0.3) is 10.0 Å². The number of rotatable bonds is 6. The first kappa shape index (κ1) is 20.7. The first-order valence-electron chi connectivity index (χ1n) is 9.59. The van der Waals surface area contributed by atoms with Crippen molar-refractivity contribution in [1.29, 1.82) is 0 Å². The largest absolute Gasteiger partial charge is 0.354 e. The van der Waals surface area contributed by atoms with Gasteiger partial charge >= 0.3 is 0 Å². The minimum absolute atomic E-state index is 0.151. The molecule has 0 spiro atoms. The van der Waals surface area contributed by atoms with Gasteiger partial charge in [-0.25, -0.2) is 12.8 Å². The van der Waals surface area contributed by atoms with Gasteiger partial charge in [0.1, 0.15) is 16.1 Å². The zero-order valence-electron chi connectivity index (χ0n) is 16.1. The molecule has 1 unspecified atom stereocenters. The average molecular weight is 445 g/mol. The highest BCUT2D eigenvalue weighted by Gasteiger charge is 2.39. The van der Waals surface area contributed by atoms with Crippen molar-refractivity contribution in [2.45, 2.75) is 29.6 Å². The highest BCUT2D eigenvalue weighted by atomic mass is 32.2. The van der Waals surface area contributed by atoms with E-state index in [-0.39, 0.29) is 22.5 Å². The molecule has 8 heteroatoms. The Morgan fingerprint density at radius 3 is 2.63 bits per heavy atom. The lowest BCUT2D eigenvalue weighted by Crippen LogP contribution is -2.52. The summed E-state index contributed by atoms with van der Waals surface area (Å²) >= 11 is 1.14. The lowest BCUT2D eigenvalue weighted by Gasteiger charge is -2.34. The third-order valence-corrected chi connectivity index (χ3v) is 8.40. The fourth-order valence-electron chi connectivity index (χ4n) is 3.64. The molecular formula is C22H21FN2O3S2. The molecule has 30 heavy (non-hydrogen) atoms. The molecule has 1 N–H and O–H groups in total. The average Bonchev–Trinajstić information content (AvgIpc) is 3.29. The lowest BCUT2D eigenvalue weighted by atomic mass is 9.95. The van der Waals surface area contributed by atoms with E-state index in [0.29, 0.717) is 19.4 Å². The van der Waals surface area contributed by atoms with Crippen molar-refractivity contribution in [3.8, 4) is 0 Å². The van der Waals surface area contributed by atoms with Crippen LogP contribution in [0.25, 0.3) is 0 Å². The first-order valence-corrected chi connectivity index (χ1v) is 11.9. The number of sulfonamides is 1. The van der Waals surface area contributed by atoms with Crippen LogP contribution in [0.2, 0.25) is 0 Å². The summed E-state index contributed by atoms with van der Waals surface area (Å²) in [6.45, 7) is 0.450. The Kier molecular flexibility index (Phi) is 5.99. The molecule has 156 valence electrons. The van der Waals surface area contributed by atoms with Gasteiger partial charge in [-0.2, -0.15) is 4.31 Å². The number of halogens is 1. The third kappa shape index (κ3) is 4.30. The molecule has 1 aliphatic heterocycles. The Morgan fingerprint density at radius 2 is 1.90 bits per heavy atom. The Morgan fingerprint density at radius 1 is 1.10 bits per heavy atom. The van der Waals surface area contributed by atoms with Crippen molar-refractivity contribution in [2.24, 2.45) is 0 Å². The summed E-state index contributed by atoms with van der Waals surface area (Å²) in [4.78, 5) is 13.0. The predicted octanol–water partition coefficient (Wildman–Crippen LogP) is 3.36. The summed E-state index contributed by atoms with van der Waals surface area (Å²) in [5.74, 6) is -0.669. The topological polar surface area (TPSA) is 66.5 Å². The Bertz CT molecular complexity index is 1150. The van der Waals surface area contributed by atoms with Gasteiger partial charge in [-0.05, 0) is 53.1 Å². The second-order valence-electron chi connectivity index (χ2n) is 7.14. The number of hydrogen-bond acceptors (Lipinski definition) is 4. The molecule has 1 aliphatic rings. The van der Waals surface area contributed by atoms with Crippen molar-refractivity contribution >= 4 is 27.3 Å². The predicted molar refractivity (Wildman–Crippen MR) is 114 cm³/mol. The van der Waals surface area contributed by atoms with E-state index in [0.717, 1.165) is 28.0 Å². The molecule has 3 aromatic rings. The van der Waals surface area contributed by atoms with Crippen LogP contribution in [0.1, 0.15) is 16.7 Å². The van der Waals surface area contributed by atoms with Crippen LogP contribution in [0.3, 0.4) is 0 Å². The van der Waals surface area contributed by atoms with Crippen LogP contribution in [-0.4, -0.2) is 31.2 Å². The minimum Gasteiger partial charge on any atom is -0.354 e.